The molecule has 1 aliphatic carbocycles. The maximum atomic E-state index is 4.58. The van der Waals surface area contributed by atoms with Crippen molar-refractivity contribution in [1.29, 1.82) is 0 Å². The van der Waals surface area contributed by atoms with Crippen LogP contribution < -0.4 is 0 Å². The van der Waals surface area contributed by atoms with Crippen molar-refractivity contribution >= 4 is 0 Å². The van der Waals surface area contributed by atoms with Gasteiger partial charge < -0.3 is 0 Å². The summed E-state index contributed by atoms with van der Waals surface area (Å²) in [4.78, 5) is 4.58. The van der Waals surface area contributed by atoms with Crippen molar-refractivity contribution in [3.8, 4) is 0 Å². The van der Waals surface area contributed by atoms with Crippen molar-refractivity contribution in [2.24, 2.45) is 0 Å². The van der Waals surface area contributed by atoms with Gasteiger partial charge in [-0.3, -0.25) is 4.98 Å². The quantitative estimate of drug-likeness (QED) is 0.586. The normalized spacial score (nSPS) is 16.3. The second kappa shape index (κ2) is 3.48. The molecule has 0 radical (unpaired) electrons. The third kappa shape index (κ3) is 2.11. The highest BCUT2D eigenvalue weighted by Crippen LogP contribution is 2.27. The number of nitrogens with zero attached hydrogens (tertiary/aromatic N) is 1. The molecule has 0 saturated heterocycles. The van der Waals surface area contributed by atoms with Gasteiger partial charge in [-0.15, -0.1) is 0 Å². The number of aryl methyl sites for hydroxylation is 1. The number of rotatable bonds is 0. The number of allylic oxidation sites excluding steroid dienone is 1. The lowest BCUT2D eigenvalue weighted by atomic mass is 9.84. The van der Waals surface area contributed by atoms with Gasteiger partial charge in [0.25, 0.3) is 0 Å². The lowest BCUT2D eigenvalue weighted by molar-refractivity contribution is 0.584. The summed E-state index contributed by atoms with van der Waals surface area (Å²) in [7, 11) is 0. The highest BCUT2D eigenvalue weighted by atomic mass is 14.7. The van der Waals surface area contributed by atoms with E-state index in [-0.39, 0.29) is 5.41 Å². The zero-order chi connectivity index (χ0) is 11.1. The summed E-state index contributed by atoms with van der Waals surface area (Å²) in [6, 6.07) is 2.33. The van der Waals surface area contributed by atoms with Crippen molar-refractivity contribution in [2.45, 2.75) is 45.4 Å². The maximum Gasteiger partial charge on any atom is 0.0476 e. The molecular weight excluding hydrogens is 182 g/mol. The summed E-state index contributed by atoms with van der Waals surface area (Å²) >= 11 is 0. The average Bonchev–Trinajstić information content (AvgIpc) is 2.15. The van der Waals surface area contributed by atoms with Crippen LogP contribution in [0.1, 0.15) is 44.0 Å². The topological polar surface area (TPSA) is 12.9 Å². The minimum absolute atomic E-state index is 0.205. The van der Waals surface area contributed by atoms with Crippen molar-refractivity contribution in [3.63, 3.8) is 0 Å². The molecule has 1 aromatic rings. The van der Waals surface area contributed by atoms with Crippen LogP contribution in [0.2, 0.25) is 0 Å². The van der Waals surface area contributed by atoms with E-state index in [1.54, 1.807) is 0 Å². The standard InChI is InChI=1S/C14H19N/c1-10-5-6-11-8-12(14(2,3)4)9-15-13(11)7-10/h8-9H,1,5-7H2,2-4H3. The molecule has 1 aromatic heterocycles. The van der Waals surface area contributed by atoms with E-state index < -0.39 is 0 Å². The summed E-state index contributed by atoms with van der Waals surface area (Å²) in [5, 5.41) is 0. The first-order chi connectivity index (χ1) is 6.97. The first kappa shape index (κ1) is 10.4. The van der Waals surface area contributed by atoms with Crippen LogP contribution in [0.5, 0.6) is 0 Å². The second-order valence-corrected chi connectivity index (χ2v) is 5.51. The number of hydrogen-bond acceptors (Lipinski definition) is 1. The average molecular weight is 201 g/mol. The van der Waals surface area contributed by atoms with E-state index in [1.165, 1.54) is 22.4 Å². The first-order valence-corrected chi connectivity index (χ1v) is 5.62. The molecule has 1 heterocycles. The van der Waals surface area contributed by atoms with Gasteiger partial charge in [0.15, 0.2) is 0 Å². The van der Waals surface area contributed by atoms with Gasteiger partial charge in [-0.2, -0.15) is 0 Å². The van der Waals surface area contributed by atoms with E-state index in [0.29, 0.717) is 0 Å². The van der Waals surface area contributed by atoms with Gasteiger partial charge in [0.1, 0.15) is 0 Å². The van der Waals surface area contributed by atoms with Gasteiger partial charge in [0.05, 0.1) is 0 Å². The second-order valence-electron chi connectivity index (χ2n) is 5.51. The number of fused-ring (bicyclic) bond motifs is 1. The Balaban J connectivity index is 2.39. The van der Waals surface area contributed by atoms with Crippen molar-refractivity contribution in [3.05, 3.63) is 41.2 Å². The molecule has 0 saturated carbocycles. The molecule has 0 aliphatic heterocycles. The molecule has 0 bridgehead atoms. The minimum atomic E-state index is 0.205. The fourth-order valence-corrected chi connectivity index (χ4v) is 1.96. The first-order valence-electron chi connectivity index (χ1n) is 5.62. The van der Waals surface area contributed by atoms with Crippen LogP contribution in [0.4, 0.5) is 0 Å². The Bertz CT molecular complexity index is 396. The number of pyridine rings is 1. The molecule has 1 aliphatic rings. The largest absolute Gasteiger partial charge is 0.260 e. The van der Waals surface area contributed by atoms with E-state index in [9.17, 15) is 0 Å². The fraction of sp³-hybridized carbons (Fsp3) is 0.500. The maximum absolute atomic E-state index is 4.58. The van der Waals surface area contributed by atoms with Crippen LogP contribution in [-0.4, -0.2) is 4.98 Å². The van der Waals surface area contributed by atoms with Crippen LogP contribution in [0.15, 0.2) is 24.4 Å². The summed E-state index contributed by atoms with van der Waals surface area (Å²) < 4.78 is 0. The van der Waals surface area contributed by atoms with Crippen LogP contribution in [0, 0.1) is 0 Å². The third-order valence-electron chi connectivity index (χ3n) is 3.09. The smallest absolute Gasteiger partial charge is 0.0476 e. The van der Waals surface area contributed by atoms with Crippen LogP contribution in [-0.2, 0) is 18.3 Å². The van der Waals surface area contributed by atoms with Gasteiger partial charge in [-0.1, -0.05) is 39.0 Å². The molecule has 15 heavy (non-hydrogen) atoms. The Morgan fingerprint density at radius 3 is 2.67 bits per heavy atom. The molecule has 0 atom stereocenters. The minimum Gasteiger partial charge on any atom is -0.260 e. The van der Waals surface area contributed by atoms with E-state index in [0.717, 1.165) is 19.3 Å². The summed E-state index contributed by atoms with van der Waals surface area (Å²) in [6.45, 7) is 10.7. The molecule has 0 N–H and O–H groups in total. The molecule has 0 aromatic carbocycles. The van der Waals surface area contributed by atoms with Gasteiger partial charge in [0, 0.05) is 18.3 Å². The predicted molar refractivity (Wildman–Crippen MR) is 64.1 cm³/mol. The Hall–Kier alpha value is -1.11. The summed E-state index contributed by atoms with van der Waals surface area (Å²) in [5.74, 6) is 0. The van der Waals surface area contributed by atoms with Crippen LogP contribution in [0.3, 0.4) is 0 Å². The number of aromatic nitrogens is 1. The zero-order valence-electron chi connectivity index (χ0n) is 9.93. The lowest BCUT2D eigenvalue weighted by Crippen LogP contribution is -2.15. The number of hydrogen-bond donors (Lipinski definition) is 0. The Labute approximate surface area is 92.2 Å². The molecule has 2 rings (SSSR count). The van der Waals surface area contributed by atoms with Crippen molar-refractivity contribution in [2.75, 3.05) is 0 Å². The summed E-state index contributed by atoms with van der Waals surface area (Å²) in [5.41, 5.74) is 5.53. The highest BCUT2D eigenvalue weighted by Gasteiger charge is 2.18. The fourth-order valence-electron chi connectivity index (χ4n) is 1.96. The Morgan fingerprint density at radius 2 is 2.00 bits per heavy atom. The molecule has 0 spiro atoms. The lowest BCUT2D eigenvalue weighted by Gasteiger charge is -2.23. The van der Waals surface area contributed by atoms with Crippen molar-refractivity contribution < 1.29 is 0 Å². The highest BCUT2D eigenvalue weighted by molar-refractivity contribution is 5.34. The SMILES string of the molecule is C=C1CCc2cc(C(C)(C)C)cnc2C1. The summed E-state index contributed by atoms with van der Waals surface area (Å²) in [6.07, 6.45) is 5.24. The molecule has 1 nitrogen and oxygen atoms in total. The van der Waals surface area contributed by atoms with Gasteiger partial charge in [-0.25, -0.2) is 0 Å². The molecule has 80 valence electrons. The molecule has 0 unspecified atom stereocenters. The zero-order valence-corrected chi connectivity index (χ0v) is 9.93. The molecule has 0 amide bonds. The van der Waals surface area contributed by atoms with E-state index in [1.807, 2.05) is 6.20 Å². The van der Waals surface area contributed by atoms with E-state index in [4.69, 9.17) is 0 Å². The molecule has 1 heteroatoms. The Kier molecular flexibility index (Phi) is 2.41. The predicted octanol–water partition coefficient (Wildman–Crippen LogP) is 3.42. The van der Waals surface area contributed by atoms with E-state index >= 15 is 0 Å². The third-order valence-corrected chi connectivity index (χ3v) is 3.09. The van der Waals surface area contributed by atoms with Crippen LogP contribution >= 0.6 is 0 Å². The van der Waals surface area contributed by atoms with Gasteiger partial charge in [-0.05, 0) is 29.4 Å². The monoisotopic (exact) mass is 201 g/mol. The Morgan fingerprint density at radius 1 is 1.27 bits per heavy atom. The van der Waals surface area contributed by atoms with Gasteiger partial charge in [0.2, 0.25) is 0 Å². The molecular formula is C14H19N. The van der Waals surface area contributed by atoms with Gasteiger partial charge >= 0.3 is 0 Å². The van der Waals surface area contributed by atoms with Crippen LogP contribution in [0.25, 0.3) is 0 Å². The van der Waals surface area contributed by atoms with E-state index in [2.05, 4.69) is 38.4 Å². The van der Waals surface area contributed by atoms with Crippen molar-refractivity contribution in [1.82, 2.24) is 4.98 Å². The molecule has 0 fully saturated rings.